The van der Waals surface area contributed by atoms with Gasteiger partial charge in [-0.15, -0.1) is 0 Å². The molecule has 0 radical (unpaired) electrons. The number of aliphatic hydroxyl groups is 1. The van der Waals surface area contributed by atoms with Crippen molar-refractivity contribution in [1.29, 1.82) is 0 Å². The number of hydrogen-bond acceptors (Lipinski definition) is 4. The van der Waals surface area contributed by atoms with E-state index in [0.717, 1.165) is 25.7 Å². The van der Waals surface area contributed by atoms with Gasteiger partial charge in [-0.2, -0.15) is 4.31 Å². The van der Waals surface area contributed by atoms with E-state index < -0.39 is 10.0 Å². The van der Waals surface area contributed by atoms with Crippen molar-refractivity contribution in [3.63, 3.8) is 0 Å². The van der Waals surface area contributed by atoms with Gasteiger partial charge in [-0.3, -0.25) is 0 Å². The molecule has 1 aromatic carbocycles. The van der Waals surface area contributed by atoms with Gasteiger partial charge in [0.15, 0.2) is 0 Å². The van der Waals surface area contributed by atoms with Crippen LogP contribution in [0.3, 0.4) is 0 Å². The monoisotopic (exact) mass is 298 g/mol. The predicted molar refractivity (Wildman–Crippen MR) is 79.2 cm³/mol. The molecule has 0 amide bonds. The van der Waals surface area contributed by atoms with Crippen LogP contribution < -0.4 is 5.32 Å². The van der Waals surface area contributed by atoms with Crippen molar-refractivity contribution in [2.45, 2.75) is 36.6 Å². The molecule has 2 rings (SSSR count). The van der Waals surface area contributed by atoms with Gasteiger partial charge in [-0.05, 0) is 25.0 Å². The zero-order chi connectivity index (χ0) is 14.6. The van der Waals surface area contributed by atoms with E-state index >= 15 is 0 Å². The number of nitrogens with zero attached hydrogens (tertiary/aromatic N) is 1. The van der Waals surface area contributed by atoms with E-state index in [2.05, 4.69) is 5.32 Å². The zero-order valence-corrected chi connectivity index (χ0v) is 12.6. The molecule has 1 saturated carbocycles. The minimum Gasteiger partial charge on any atom is -0.395 e. The number of nitrogens with one attached hydrogen (secondary N) is 1. The van der Waals surface area contributed by atoms with E-state index in [1.54, 1.807) is 31.3 Å². The Morgan fingerprint density at radius 3 is 2.55 bits per heavy atom. The fourth-order valence-corrected chi connectivity index (χ4v) is 4.69. The number of hydrogen-bond donors (Lipinski definition) is 2. The van der Waals surface area contributed by atoms with Crippen LogP contribution in [-0.2, 0) is 10.0 Å². The smallest absolute Gasteiger partial charge is 0.245 e. The summed E-state index contributed by atoms with van der Waals surface area (Å²) in [5, 5.41) is 12.1. The highest BCUT2D eigenvalue weighted by Gasteiger charge is 2.33. The molecular weight excluding hydrogens is 276 g/mol. The minimum absolute atomic E-state index is 0.0112. The van der Waals surface area contributed by atoms with Crippen LogP contribution in [0.1, 0.15) is 25.7 Å². The number of rotatable bonds is 6. The van der Waals surface area contributed by atoms with Gasteiger partial charge < -0.3 is 10.4 Å². The zero-order valence-electron chi connectivity index (χ0n) is 11.7. The van der Waals surface area contributed by atoms with Crippen LogP contribution in [0.4, 0.5) is 5.69 Å². The third-order valence-corrected chi connectivity index (χ3v) is 5.81. The van der Waals surface area contributed by atoms with Gasteiger partial charge in [0.25, 0.3) is 0 Å². The van der Waals surface area contributed by atoms with Crippen molar-refractivity contribution < 1.29 is 13.5 Å². The molecule has 2 N–H and O–H groups in total. The molecule has 0 bridgehead atoms. The van der Waals surface area contributed by atoms with Gasteiger partial charge in [0.1, 0.15) is 4.90 Å². The lowest BCUT2D eigenvalue weighted by atomic mass is 10.2. The standard InChI is InChI=1S/C14H22N2O3S/c1-15-13-8-4-5-9-14(13)20(18,19)16(10-11-17)12-6-2-3-7-12/h4-5,8-9,12,15,17H,2-3,6-7,10-11H2,1H3. The molecule has 0 heterocycles. The second-order valence-corrected chi connectivity index (χ2v) is 6.88. The van der Waals surface area contributed by atoms with E-state index in [0.29, 0.717) is 5.69 Å². The first kappa shape index (κ1) is 15.3. The highest BCUT2D eigenvalue weighted by atomic mass is 32.2. The van der Waals surface area contributed by atoms with E-state index in [-0.39, 0.29) is 24.1 Å². The summed E-state index contributed by atoms with van der Waals surface area (Å²) in [6, 6.07) is 6.90. The Labute approximate surface area is 120 Å². The summed E-state index contributed by atoms with van der Waals surface area (Å²) >= 11 is 0. The third kappa shape index (κ3) is 2.97. The molecule has 0 saturated heterocycles. The fraction of sp³-hybridized carbons (Fsp3) is 0.571. The van der Waals surface area contributed by atoms with E-state index in [1.165, 1.54) is 4.31 Å². The van der Waals surface area contributed by atoms with Crippen molar-refractivity contribution >= 4 is 15.7 Å². The lowest BCUT2D eigenvalue weighted by molar-refractivity contribution is 0.226. The van der Waals surface area contributed by atoms with Crippen LogP contribution >= 0.6 is 0 Å². The molecule has 0 atom stereocenters. The van der Waals surface area contributed by atoms with E-state index in [4.69, 9.17) is 0 Å². The average molecular weight is 298 g/mol. The van der Waals surface area contributed by atoms with Crippen LogP contribution in [0.15, 0.2) is 29.2 Å². The van der Waals surface area contributed by atoms with Crippen molar-refractivity contribution in [3.05, 3.63) is 24.3 Å². The lowest BCUT2D eigenvalue weighted by Gasteiger charge is -2.28. The Bertz CT molecular complexity index is 539. The summed E-state index contributed by atoms with van der Waals surface area (Å²) in [6.45, 7) is 0.00248. The highest BCUT2D eigenvalue weighted by Crippen LogP contribution is 2.31. The number of aliphatic hydroxyl groups excluding tert-OH is 1. The molecule has 1 aliphatic carbocycles. The van der Waals surface area contributed by atoms with Crippen molar-refractivity contribution in [2.75, 3.05) is 25.5 Å². The number of benzene rings is 1. The van der Waals surface area contributed by atoms with Gasteiger partial charge in [0, 0.05) is 19.6 Å². The van der Waals surface area contributed by atoms with Gasteiger partial charge in [0.05, 0.1) is 12.3 Å². The van der Waals surface area contributed by atoms with Gasteiger partial charge in [0.2, 0.25) is 10.0 Å². The first-order valence-electron chi connectivity index (χ1n) is 7.00. The summed E-state index contributed by atoms with van der Waals surface area (Å²) in [4.78, 5) is 0.280. The summed E-state index contributed by atoms with van der Waals surface area (Å²) < 4.78 is 27.2. The quantitative estimate of drug-likeness (QED) is 0.838. The molecule has 0 spiro atoms. The largest absolute Gasteiger partial charge is 0.395 e. The number of anilines is 1. The molecule has 0 aromatic heterocycles. The Kier molecular flexibility index (Phi) is 5.01. The summed E-state index contributed by atoms with van der Waals surface area (Å²) in [5.41, 5.74) is 0.591. The Morgan fingerprint density at radius 1 is 1.30 bits per heavy atom. The maximum Gasteiger partial charge on any atom is 0.245 e. The fourth-order valence-electron chi connectivity index (χ4n) is 2.81. The van der Waals surface area contributed by atoms with E-state index in [1.807, 2.05) is 0 Å². The van der Waals surface area contributed by atoms with Crippen LogP contribution in [0.2, 0.25) is 0 Å². The van der Waals surface area contributed by atoms with Gasteiger partial charge in [-0.1, -0.05) is 25.0 Å². The maximum atomic E-state index is 12.9. The molecule has 0 aliphatic heterocycles. The first-order valence-corrected chi connectivity index (χ1v) is 8.44. The SMILES string of the molecule is CNc1ccccc1S(=O)(=O)N(CCO)C1CCCC1. The molecule has 1 aliphatic rings. The molecular formula is C14H22N2O3S. The van der Waals surface area contributed by atoms with Crippen LogP contribution in [0, 0.1) is 0 Å². The summed E-state index contributed by atoms with van der Waals surface area (Å²) in [7, 11) is -1.87. The maximum absolute atomic E-state index is 12.9. The number of sulfonamides is 1. The predicted octanol–water partition coefficient (Wildman–Crippen LogP) is 1.65. The molecule has 20 heavy (non-hydrogen) atoms. The van der Waals surface area contributed by atoms with Gasteiger partial charge in [-0.25, -0.2) is 8.42 Å². The molecule has 5 nitrogen and oxygen atoms in total. The van der Waals surface area contributed by atoms with E-state index in [9.17, 15) is 13.5 Å². The van der Waals surface area contributed by atoms with Crippen LogP contribution in [-0.4, -0.2) is 44.1 Å². The van der Waals surface area contributed by atoms with Crippen molar-refractivity contribution in [2.24, 2.45) is 0 Å². The van der Waals surface area contributed by atoms with Crippen molar-refractivity contribution in [1.82, 2.24) is 4.31 Å². The molecule has 6 heteroatoms. The number of para-hydroxylation sites is 1. The minimum atomic E-state index is -3.58. The molecule has 1 fully saturated rings. The molecule has 112 valence electrons. The summed E-state index contributed by atoms with van der Waals surface area (Å²) in [5.74, 6) is 0. The molecule has 0 unspecified atom stereocenters. The second kappa shape index (κ2) is 6.56. The first-order chi connectivity index (χ1) is 9.61. The normalized spacial score (nSPS) is 16.8. The average Bonchev–Trinajstić information content (AvgIpc) is 2.98. The summed E-state index contributed by atoms with van der Waals surface area (Å²) in [6.07, 6.45) is 3.85. The van der Waals surface area contributed by atoms with Gasteiger partial charge >= 0.3 is 0 Å². The van der Waals surface area contributed by atoms with Crippen LogP contribution in [0.5, 0.6) is 0 Å². The van der Waals surface area contributed by atoms with Crippen LogP contribution in [0.25, 0.3) is 0 Å². The lowest BCUT2D eigenvalue weighted by Crippen LogP contribution is -2.40. The Morgan fingerprint density at radius 2 is 1.95 bits per heavy atom. The van der Waals surface area contributed by atoms with Crippen molar-refractivity contribution in [3.8, 4) is 0 Å². The topological polar surface area (TPSA) is 69.6 Å². The Balaban J connectivity index is 2.39. The Hall–Kier alpha value is -1.11. The third-order valence-electron chi connectivity index (χ3n) is 3.80. The highest BCUT2D eigenvalue weighted by molar-refractivity contribution is 7.89. The molecule has 1 aromatic rings. The second-order valence-electron chi connectivity index (χ2n) is 5.02.